The average molecular weight is 353 g/mol. The maximum atomic E-state index is 12.9. The molecule has 0 bridgehead atoms. The van der Waals surface area contributed by atoms with Crippen LogP contribution >= 0.6 is 0 Å². The molecule has 0 unspecified atom stereocenters. The molecular formula is C19H16FN3O3. The van der Waals surface area contributed by atoms with Gasteiger partial charge in [-0.3, -0.25) is 0 Å². The van der Waals surface area contributed by atoms with E-state index in [1.165, 1.54) is 12.1 Å². The molecule has 26 heavy (non-hydrogen) atoms. The van der Waals surface area contributed by atoms with Gasteiger partial charge in [-0.05, 0) is 29.8 Å². The third-order valence-corrected chi connectivity index (χ3v) is 3.56. The summed E-state index contributed by atoms with van der Waals surface area (Å²) in [6.45, 7) is 0.421. The molecule has 132 valence electrons. The first kappa shape index (κ1) is 17.3. The zero-order chi connectivity index (χ0) is 18.4. The molecule has 0 atom stereocenters. The van der Waals surface area contributed by atoms with Gasteiger partial charge in [0.2, 0.25) is 17.5 Å². The van der Waals surface area contributed by atoms with Crippen LogP contribution in [0.4, 0.5) is 10.3 Å². The van der Waals surface area contributed by atoms with Crippen molar-refractivity contribution in [2.24, 2.45) is 0 Å². The van der Waals surface area contributed by atoms with Crippen molar-refractivity contribution in [3.05, 3.63) is 71.5 Å². The summed E-state index contributed by atoms with van der Waals surface area (Å²) >= 11 is 0. The molecule has 2 aromatic carbocycles. The van der Waals surface area contributed by atoms with E-state index in [4.69, 9.17) is 13.9 Å². The van der Waals surface area contributed by atoms with Crippen LogP contribution in [0.5, 0.6) is 11.5 Å². The first-order chi connectivity index (χ1) is 12.7. The minimum Gasteiger partial charge on any atom is -0.493 e. The molecule has 0 saturated heterocycles. The van der Waals surface area contributed by atoms with Gasteiger partial charge in [0.15, 0.2) is 18.1 Å². The molecule has 0 radical (unpaired) electrons. The van der Waals surface area contributed by atoms with Crippen molar-refractivity contribution in [2.45, 2.75) is 13.2 Å². The lowest BCUT2D eigenvalue weighted by Crippen LogP contribution is -1.99. The molecule has 0 fully saturated rings. The van der Waals surface area contributed by atoms with Crippen molar-refractivity contribution in [3.8, 4) is 17.6 Å². The van der Waals surface area contributed by atoms with Crippen molar-refractivity contribution in [2.75, 3.05) is 12.4 Å². The molecule has 0 saturated carbocycles. The number of methoxy groups -OCH3 is 1. The highest BCUT2D eigenvalue weighted by molar-refractivity contribution is 5.46. The van der Waals surface area contributed by atoms with Gasteiger partial charge < -0.3 is 19.2 Å². The van der Waals surface area contributed by atoms with E-state index >= 15 is 0 Å². The van der Waals surface area contributed by atoms with E-state index in [9.17, 15) is 9.65 Å². The quantitative estimate of drug-likeness (QED) is 0.694. The number of hydrogen-bond acceptors (Lipinski definition) is 6. The zero-order valence-electron chi connectivity index (χ0n) is 14.0. The summed E-state index contributed by atoms with van der Waals surface area (Å²) in [7, 11) is 1.55. The largest absolute Gasteiger partial charge is 0.493 e. The number of nitrogens with zero attached hydrogens (tertiary/aromatic N) is 2. The van der Waals surface area contributed by atoms with Gasteiger partial charge in [0.1, 0.15) is 11.9 Å². The molecule has 0 aliphatic rings. The summed E-state index contributed by atoms with van der Waals surface area (Å²) in [6.07, 6.45) is 0. The fourth-order valence-corrected chi connectivity index (χ4v) is 2.28. The maximum Gasteiger partial charge on any atom is 0.236 e. The summed E-state index contributed by atoms with van der Waals surface area (Å²) in [5.74, 6) is 1.34. The van der Waals surface area contributed by atoms with Crippen molar-refractivity contribution in [1.29, 1.82) is 5.26 Å². The number of halogens is 1. The van der Waals surface area contributed by atoms with E-state index in [0.29, 0.717) is 18.0 Å². The highest BCUT2D eigenvalue weighted by Crippen LogP contribution is 2.27. The normalized spacial score (nSPS) is 10.2. The predicted molar refractivity (Wildman–Crippen MR) is 92.3 cm³/mol. The summed E-state index contributed by atoms with van der Waals surface area (Å²) in [6, 6.07) is 15.2. The second-order valence-corrected chi connectivity index (χ2v) is 5.32. The molecule has 0 spiro atoms. The molecule has 0 aliphatic carbocycles. The SMILES string of the molecule is COc1ccccc1OCc1nc(C#N)c(NCc2ccc(F)cc2)o1. The van der Waals surface area contributed by atoms with Crippen molar-refractivity contribution < 1.29 is 18.3 Å². The van der Waals surface area contributed by atoms with Crippen LogP contribution in [0.15, 0.2) is 52.9 Å². The molecule has 1 heterocycles. The first-order valence-electron chi connectivity index (χ1n) is 7.83. The van der Waals surface area contributed by atoms with E-state index in [1.807, 2.05) is 18.2 Å². The number of rotatable bonds is 7. The molecule has 3 aromatic rings. The highest BCUT2D eigenvalue weighted by atomic mass is 19.1. The van der Waals surface area contributed by atoms with E-state index in [-0.39, 0.29) is 29.9 Å². The fraction of sp³-hybridized carbons (Fsp3) is 0.158. The zero-order valence-corrected chi connectivity index (χ0v) is 14.0. The molecule has 6 nitrogen and oxygen atoms in total. The van der Waals surface area contributed by atoms with Crippen molar-refractivity contribution in [1.82, 2.24) is 4.98 Å². The molecule has 0 aliphatic heterocycles. The van der Waals surface area contributed by atoms with E-state index in [2.05, 4.69) is 10.3 Å². The predicted octanol–water partition coefficient (Wildman–Crippen LogP) is 3.89. The van der Waals surface area contributed by atoms with Gasteiger partial charge in [0.05, 0.1) is 7.11 Å². The monoisotopic (exact) mass is 353 g/mol. The minimum absolute atomic E-state index is 0.0489. The smallest absolute Gasteiger partial charge is 0.236 e. The Labute approximate surface area is 149 Å². The van der Waals surface area contributed by atoms with Gasteiger partial charge in [-0.1, -0.05) is 24.3 Å². The van der Waals surface area contributed by atoms with E-state index < -0.39 is 0 Å². The molecular weight excluding hydrogens is 337 g/mol. The third kappa shape index (κ3) is 4.11. The van der Waals surface area contributed by atoms with Crippen LogP contribution in [0, 0.1) is 17.1 Å². The number of hydrogen-bond donors (Lipinski definition) is 1. The highest BCUT2D eigenvalue weighted by Gasteiger charge is 2.14. The first-order valence-corrected chi connectivity index (χ1v) is 7.83. The number of oxazole rings is 1. The van der Waals surface area contributed by atoms with E-state index in [1.54, 1.807) is 31.4 Å². The van der Waals surface area contributed by atoms with Crippen molar-refractivity contribution in [3.63, 3.8) is 0 Å². The molecule has 3 rings (SSSR count). The molecule has 1 aromatic heterocycles. The van der Waals surface area contributed by atoms with E-state index in [0.717, 1.165) is 5.56 Å². The Bertz CT molecular complexity index is 917. The summed E-state index contributed by atoms with van der Waals surface area (Å²) in [5, 5.41) is 12.2. The van der Waals surface area contributed by atoms with Crippen LogP contribution in [-0.4, -0.2) is 12.1 Å². The Balaban J connectivity index is 1.66. The summed E-state index contributed by atoms with van der Waals surface area (Å²) < 4.78 is 29.4. The second-order valence-electron chi connectivity index (χ2n) is 5.32. The number of nitrogens with one attached hydrogen (secondary N) is 1. The lowest BCUT2D eigenvalue weighted by molar-refractivity contribution is 0.251. The Kier molecular flexibility index (Phi) is 5.34. The Hall–Kier alpha value is -3.53. The minimum atomic E-state index is -0.304. The van der Waals surface area contributed by atoms with Crippen LogP contribution < -0.4 is 14.8 Å². The van der Waals surface area contributed by atoms with Gasteiger partial charge in [-0.25, -0.2) is 4.39 Å². The van der Waals surface area contributed by atoms with Gasteiger partial charge in [-0.15, -0.1) is 0 Å². The van der Waals surface area contributed by atoms with Crippen LogP contribution in [0.3, 0.4) is 0 Å². The molecule has 0 amide bonds. The van der Waals surface area contributed by atoms with Crippen LogP contribution in [0.25, 0.3) is 0 Å². The van der Waals surface area contributed by atoms with Gasteiger partial charge in [-0.2, -0.15) is 10.2 Å². The number of ether oxygens (including phenoxy) is 2. The number of aromatic nitrogens is 1. The third-order valence-electron chi connectivity index (χ3n) is 3.56. The maximum absolute atomic E-state index is 12.9. The Morgan fingerprint density at radius 2 is 1.88 bits per heavy atom. The summed E-state index contributed by atoms with van der Waals surface area (Å²) in [5.41, 5.74) is 0.976. The fourth-order valence-electron chi connectivity index (χ4n) is 2.28. The lowest BCUT2D eigenvalue weighted by atomic mass is 10.2. The molecule has 7 heteroatoms. The van der Waals surface area contributed by atoms with Gasteiger partial charge in [0, 0.05) is 6.54 Å². The number of nitriles is 1. The van der Waals surface area contributed by atoms with Gasteiger partial charge in [0.25, 0.3) is 0 Å². The Morgan fingerprint density at radius 3 is 2.58 bits per heavy atom. The average Bonchev–Trinajstić information content (AvgIpc) is 3.08. The summed E-state index contributed by atoms with van der Waals surface area (Å²) in [4.78, 5) is 4.11. The standard InChI is InChI=1S/C19H16FN3O3/c1-24-16-4-2-3-5-17(16)25-12-18-23-15(10-21)19(26-18)22-11-13-6-8-14(20)9-7-13/h2-9,22H,11-12H2,1H3. The topological polar surface area (TPSA) is 80.3 Å². The number of anilines is 1. The number of para-hydroxylation sites is 2. The lowest BCUT2D eigenvalue weighted by Gasteiger charge is -2.08. The second kappa shape index (κ2) is 8.03. The van der Waals surface area contributed by atoms with Crippen molar-refractivity contribution >= 4 is 5.88 Å². The van der Waals surface area contributed by atoms with Crippen LogP contribution in [0.1, 0.15) is 17.1 Å². The molecule has 1 N–H and O–H groups in total. The van der Waals surface area contributed by atoms with Gasteiger partial charge >= 0.3 is 0 Å². The number of benzene rings is 2. The Morgan fingerprint density at radius 1 is 1.15 bits per heavy atom. The van der Waals surface area contributed by atoms with Crippen LogP contribution in [0.2, 0.25) is 0 Å². The van der Waals surface area contributed by atoms with Crippen LogP contribution in [-0.2, 0) is 13.2 Å².